The lowest BCUT2D eigenvalue weighted by molar-refractivity contribution is -0.384. The summed E-state index contributed by atoms with van der Waals surface area (Å²) >= 11 is 5.90. The number of nitro benzene ring substituents is 1. The Balaban J connectivity index is 1.68. The summed E-state index contributed by atoms with van der Waals surface area (Å²) in [6, 6.07) is 14.5. The van der Waals surface area contributed by atoms with Gasteiger partial charge in [0.05, 0.1) is 23.3 Å². The Morgan fingerprint density at radius 1 is 1.19 bits per heavy atom. The van der Waals surface area contributed by atoms with Gasteiger partial charge in [-0.15, -0.1) is 0 Å². The van der Waals surface area contributed by atoms with E-state index in [-0.39, 0.29) is 23.0 Å². The fourth-order valence-electron chi connectivity index (χ4n) is 2.69. The molecule has 3 aromatic rings. The first-order chi connectivity index (χ1) is 15.5. The Hall–Kier alpha value is -3.98. The third-order valence-corrected chi connectivity index (χ3v) is 4.47. The Kier molecular flexibility index (Phi) is 7.71. The molecule has 0 fully saturated rings. The van der Waals surface area contributed by atoms with Crippen LogP contribution in [0.5, 0.6) is 11.5 Å². The molecule has 164 valence electrons. The molecule has 0 aliphatic carbocycles. The van der Waals surface area contributed by atoms with Gasteiger partial charge in [-0.05, 0) is 48.4 Å². The highest BCUT2D eigenvalue weighted by molar-refractivity contribution is 6.32. The first kappa shape index (κ1) is 22.7. The number of non-ortho nitro benzene ring substituents is 1. The highest BCUT2D eigenvalue weighted by atomic mass is 35.5. The van der Waals surface area contributed by atoms with Gasteiger partial charge in [-0.2, -0.15) is 5.10 Å². The molecule has 9 nitrogen and oxygen atoms in total. The SMILES string of the molecule is CCOc1cc(C=NNC(=O)c2cccnc2Cl)ccc1OCc1cccc([N+](=O)[O-])c1. The third-order valence-electron chi connectivity index (χ3n) is 4.17. The van der Waals surface area contributed by atoms with Gasteiger partial charge in [-0.25, -0.2) is 10.4 Å². The van der Waals surface area contributed by atoms with Crippen LogP contribution in [-0.2, 0) is 6.61 Å². The zero-order valence-corrected chi connectivity index (χ0v) is 17.8. The lowest BCUT2D eigenvalue weighted by Gasteiger charge is -2.12. The van der Waals surface area contributed by atoms with E-state index in [0.29, 0.717) is 29.2 Å². The van der Waals surface area contributed by atoms with E-state index >= 15 is 0 Å². The van der Waals surface area contributed by atoms with Crippen molar-refractivity contribution in [2.24, 2.45) is 5.10 Å². The third kappa shape index (κ3) is 6.02. The minimum Gasteiger partial charge on any atom is -0.490 e. The van der Waals surface area contributed by atoms with Crippen molar-refractivity contribution in [3.63, 3.8) is 0 Å². The first-order valence-electron chi connectivity index (χ1n) is 9.55. The maximum absolute atomic E-state index is 12.1. The zero-order chi connectivity index (χ0) is 22.9. The van der Waals surface area contributed by atoms with Gasteiger partial charge in [0.2, 0.25) is 0 Å². The number of ether oxygens (including phenoxy) is 2. The molecular formula is C22H19ClN4O5. The number of halogens is 1. The summed E-state index contributed by atoms with van der Waals surface area (Å²) in [6.07, 6.45) is 2.94. The summed E-state index contributed by atoms with van der Waals surface area (Å²) in [5.74, 6) is 0.464. The lowest BCUT2D eigenvalue weighted by Crippen LogP contribution is -2.18. The number of aromatic nitrogens is 1. The van der Waals surface area contributed by atoms with Crippen LogP contribution in [0.3, 0.4) is 0 Å². The van der Waals surface area contributed by atoms with Crippen LogP contribution >= 0.6 is 11.6 Å². The first-order valence-corrected chi connectivity index (χ1v) is 9.92. The molecule has 3 rings (SSSR count). The van der Waals surface area contributed by atoms with Crippen LogP contribution in [0.2, 0.25) is 5.15 Å². The van der Waals surface area contributed by atoms with Crippen molar-refractivity contribution in [3.8, 4) is 11.5 Å². The Morgan fingerprint density at radius 3 is 2.78 bits per heavy atom. The van der Waals surface area contributed by atoms with Gasteiger partial charge < -0.3 is 9.47 Å². The van der Waals surface area contributed by atoms with E-state index < -0.39 is 10.8 Å². The Bertz CT molecular complexity index is 1150. The predicted octanol–water partition coefficient (Wildman–Crippen LogP) is 4.38. The molecule has 1 amide bonds. The second-order valence-corrected chi connectivity index (χ2v) is 6.75. The zero-order valence-electron chi connectivity index (χ0n) is 17.0. The number of hydrazone groups is 1. The number of nitro groups is 1. The van der Waals surface area contributed by atoms with E-state index in [1.54, 1.807) is 42.5 Å². The summed E-state index contributed by atoms with van der Waals surface area (Å²) in [7, 11) is 0. The highest BCUT2D eigenvalue weighted by Gasteiger charge is 2.11. The molecule has 0 atom stereocenters. The van der Waals surface area contributed by atoms with Crippen LogP contribution in [0.15, 0.2) is 65.9 Å². The molecule has 10 heteroatoms. The van der Waals surface area contributed by atoms with Crippen LogP contribution in [0.4, 0.5) is 5.69 Å². The molecule has 2 aromatic carbocycles. The summed E-state index contributed by atoms with van der Waals surface area (Å²) < 4.78 is 11.4. The van der Waals surface area contributed by atoms with Gasteiger partial charge in [-0.3, -0.25) is 14.9 Å². The number of amides is 1. The normalized spacial score (nSPS) is 10.7. The molecule has 1 aromatic heterocycles. The molecule has 0 aliphatic rings. The summed E-state index contributed by atoms with van der Waals surface area (Å²) in [6.45, 7) is 2.38. The van der Waals surface area contributed by atoms with Crippen molar-refractivity contribution in [1.82, 2.24) is 10.4 Å². The van der Waals surface area contributed by atoms with E-state index in [1.807, 2.05) is 6.92 Å². The molecule has 1 heterocycles. The fraction of sp³-hybridized carbons (Fsp3) is 0.136. The number of nitrogens with one attached hydrogen (secondary N) is 1. The smallest absolute Gasteiger partial charge is 0.274 e. The largest absolute Gasteiger partial charge is 0.490 e. The number of benzene rings is 2. The second-order valence-electron chi connectivity index (χ2n) is 6.40. The van der Waals surface area contributed by atoms with Crippen LogP contribution in [0.1, 0.15) is 28.4 Å². The molecule has 0 saturated heterocycles. The monoisotopic (exact) mass is 454 g/mol. The Morgan fingerprint density at radius 2 is 2.03 bits per heavy atom. The van der Waals surface area contributed by atoms with Crippen molar-refractivity contribution >= 4 is 29.4 Å². The maximum atomic E-state index is 12.1. The molecular weight excluding hydrogens is 436 g/mol. The number of carbonyl (C=O) groups excluding carboxylic acids is 1. The minimum atomic E-state index is -0.485. The number of rotatable bonds is 9. The van der Waals surface area contributed by atoms with Crippen LogP contribution in [0, 0.1) is 10.1 Å². The van der Waals surface area contributed by atoms with Crippen LogP contribution in [-0.4, -0.2) is 28.6 Å². The number of hydrogen-bond acceptors (Lipinski definition) is 7. The van der Waals surface area contributed by atoms with E-state index in [1.165, 1.54) is 24.5 Å². The van der Waals surface area contributed by atoms with E-state index in [4.69, 9.17) is 21.1 Å². The van der Waals surface area contributed by atoms with Crippen molar-refractivity contribution in [2.75, 3.05) is 6.61 Å². The molecule has 0 saturated carbocycles. The fourth-order valence-corrected chi connectivity index (χ4v) is 2.90. The van der Waals surface area contributed by atoms with Gasteiger partial charge in [0.25, 0.3) is 11.6 Å². The topological polar surface area (TPSA) is 116 Å². The van der Waals surface area contributed by atoms with E-state index in [9.17, 15) is 14.9 Å². The van der Waals surface area contributed by atoms with Gasteiger partial charge in [-0.1, -0.05) is 23.7 Å². The number of carbonyl (C=O) groups is 1. The van der Waals surface area contributed by atoms with Crippen LogP contribution in [0.25, 0.3) is 0 Å². The number of hydrogen-bond donors (Lipinski definition) is 1. The standard InChI is InChI=1S/C22H19ClN4O5/c1-2-31-20-12-15(13-25-26-22(28)18-7-4-10-24-21(18)23)8-9-19(20)32-14-16-5-3-6-17(11-16)27(29)30/h3-13H,2,14H2,1H3,(H,26,28). The summed E-state index contributed by atoms with van der Waals surface area (Å²) in [4.78, 5) is 26.5. The maximum Gasteiger partial charge on any atom is 0.274 e. The van der Waals surface area contributed by atoms with Crippen molar-refractivity contribution < 1.29 is 19.2 Å². The quantitative estimate of drug-likeness (QED) is 0.222. The van der Waals surface area contributed by atoms with E-state index in [0.717, 1.165) is 0 Å². The van der Waals surface area contributed by atoms with Gasteiger partial charge in [0.1, 0.15) is 11.8 Å². The van der Waals surface area contributed by atoms with Crippen LogP contribution < -0.4 is 14.9 Å². The average molecular weight is 455 g/mol. The summed E-state index contributed by atoms with van der Waals surface area (Å²) in [5, 5.41) is 15.0. The van der Waals surface area contributed by atoms with Crippen molar-refractivity contribution in [3.05, 3.63) is 92.8 Å². The van der Waals surface area contributed by atoms with Crippen molar-refractivity contribution in [2.45, 2.75) is 13.5 Å². The lowest BCUT2D eigenvalue weighted by atomic mass is 10.2. The molecule has 0 radical (unpaired) electrons. The molecule has 0 spiro atoms. The molecule has 0 bridgehead atoms. The van der Waals surface area contributed by atoms with Crippen molar-refractivity contribution in [1.29, 1.82) is 0 Å². The number of nitrogens with zero attached hydrogens (tertiary/aromatic N) is 3. The summed E-state index contributed by atoms with van der Waals surface area (Å²) in [5.41, 5.74) is 3.92. The predicted molar refractivity (Wildman–Crippen MR) is 119 cm³/mol. The van der Waals surface area contributed by atoms with Gasteiger partial charge in [0.15, 0.2) is 11.5 Å². The molecule has 0 unspecified atom stereocenters. The Labute approximate surface area is 188 Å². The van der Waals surface area contributed by atoms with E-state index in [2.05, 4.69) is 15.5 Å². The average Bonchev–Trinajstić information content (AvgIpc) is 2.79. The minimum absolute atomic E-state index is 0.00249. The van der Waals surface area contributed by atoms with Gasteiger partial charge >= 0.3 is 0 Å². The highest BCUT2D eigenvalue weighted by Crippen LogP contribution is 2.29. The molecule has 32 heavy (non-hydrogen) atoms. The number of pyridine rings is 1. The second kappa shape index (κ2) is 10.9. The molecule has 1 N–H and O–H groups in total. The molecule has 0 aliphatic heterocycles. The van der Waals surface area contributed by atoms with Gasteiger partial charge in [0, 0.05) is 18.3 Å².